The Balaban J connectivity index is 1.98. The molecule has 0 aliphatic heterocycles. The molecule has 7 nitrogen and oxygen atoms in total. The highest BCUT2D eigenvalue weighted by molar-refractivity contribution is 7.92. The van der Waals surface area contributed by atoms with Crippen molar-refractivity contribution in [2.75, 3.05) is 11.3 Å². The Hall–Kier alpha value is -2.90. The van der Waals surface area contributed by atoms with E-state index in [2.05, 4.69) is 4.98 Å². The third-order valence-electron chi connectivity index (χ3n) is 3.26. The lowest BCUT2D eigenvalue weighted by Gasteiger charge is -2.10. The highest BCUT2D eigenvalue weighted by Crippen LogP contribution is 2.27. The van der Waals surface area contributed by atoms with Gasteiger partial charge in [-0.2, -0.15) is 13.7 Å². The summed E-state index contributed by atoms with van der Waals surface area (Å²) in [5, 5.41) is 8.23. The SMILES string of the molecule is N#CCOc1cc(F)c(NS(=O)(=O)c2ncc3ccc(Cl)cn23)cc1F. The van der Waals surface area contributed by atoms with Gasteiger partial charge in [-0.3, -0.25) is 9.12 Å². The molecule has 3 rings (SSSR count). The molecule has 0 aliphatic rings. The van der Waals surface area contributed by atoms with Crippen LogP contribution < -0.4 is 9.46 Å². The number of halogens is 3. The molecule has 1 N–H and O–H groups in total. The Bertz CT molecular complexity index is 1140. The molecule has 0 unspecified atom stereocenters. The average molecular weight is 399 g/mol. The topological polar surface area (TPSA) is 96.5 Å². The van der Waals surface area contributed by atoms with Gasteiger partial charge >= 0.3 is 0 Å². The first-order valence-electron chi connectivity index (χ1n) is 6.96. The van der Waals surface area contributed by atoms with Crippen LogP contribution in [0, 0.1) is 23.0 Å². The second-order valence-electron chi connectivity index (χ2n) is 5.00. The number of imidazole rings is 1. The van der Waals surface area contributed by atoms with Crippen LogP contribution in [0.4, 0.5) is 14.5 Å². The van der Waals surface area contributed by atoms with Crippen molar-refractivity contribution in [2.45, 2.75) is 5.16 Å². The van der Waals surface area contributed by atoms with E-state index < -0.39 is 44.9 Å². The largest absolute Gasteiger partial charge is 0.476 e. The quantitative estimate of drug-likeness (QED) is 0.712. The summed E-state index contributed by atoms with van der Waals surface area (Å²) in [7, 11) is -4.34. The number of nitrogens with zero attached hydrogens (tertiary/aromatic N) is 3. The van der Waals surface area contributed by atoms with Crippen molar-refractivity contribution in [1.29, 1.82) is 5.26 Å². The lowest BCUT2D eigenvalue weighted by atomic mass is 10.3. The van der Waals surface area contributed by atoms with Crippen LogP contribution >= 0.6 is 11.6 Å². The maximum Gasteiger partial charge on any atom is 0.296 e. The van der Waals surface area contributed by atoms with Crippen LogP contribution in [-0.2, 0) is 10.0 Å². The van der Waals surface area contributed by atoms with Crippen molar-refractivity contribution in [3.8, 4) is 11.8 Å². The number of hydrogen-bond donors (Lipinski definition) is 1. The first-order valence-corrected chi connectivity index (χ1v) is 8.82. The predicted molar refractivity (Wildman–Crippen MR) is 88.5 cm³/mol. The van der Waals surface area contributed by atoms with Gasteiger partial charge in [0.05, 0.1) is 22.4 Å². The predicted octanol–water partition coefficient (Wildman–Crippen LogP) is 2.97. The molecule has 1 aromatic carbocycles. The number of hydrogen-bond acceptors (Lipinski definition) is 5. The Kier molecular flexibility index (Phi) is 4.67. The first kappa shape index (κ1) is 17.9. The molecule has 26 heavy (non-hydrogen) atoms. The van der Waals surface area contributed by atoms with Crippen LogP contribution in [-0.4, -0.2) is 24.4 Å². The summed E-state index contributed by atoms with van der Waals surface area (Å²) < 4.78 is 60.9. The summed E-state index contributed by atoms with van der Waals surface area (Å²) in [6.45, 7) is -0.484. The van der Waals surface area contributed by atoms with Gasteiger partial charge in [-0.25, -0.2) is 13.8 Å². The number of pyridine rings is 1. The van der Waals surface area contributed by atoms with Gasteiger partial charge in [-0.1, -0.05) is 11.6 Å². The summed E-state index contributed by atoms with van der Waals surface area (Å²) in [6, 6.07) is 5.97. The standard InChI is InChI=1S/C15H9ClF2N4O3S/c16-9-1-2-10-7-20-15(22(10)8-9)26(23,24)21-13-5-12(18)14(6-11(13)17)25-4-3-19/h1-2,5-8,21H,4H2. The van der Waals surface area contributed by atoms with E-state index in [0.717, 1.165) is 0 Å². The molecule has 0 spiro atoms. The van der Waals surface area contributed by atoms with E-state index in [-0.39, 0.29) is 5.02 Å². The van der Waals surface area contributed by atoms with E-state index in [0.29, 0.717) is 17.6 Å². The molecule has 11 heteroatoms. The molecule has 0 fully saturated rings. The van der Waals surface area contributed by atoms with Crippen LogP contribution in [0.25, 0.3) is 5.52 Å². The van der Waals surface area contributed by atoms with E-state index in [1.54, 1.807) is 18.2 Å². The van der Waals surface area contributed by atoms with E-state index in [1.165, 1.54) is 16.8 Å². The minimum atomic E-state index is -4.34. The third kappa shape index (κ3) is 3.40. The Morgan fingerprint density at radius 3 is 2.81 bits per heavy atom. The fourth-order valence-corrected chi connectivity index (χ4v) is 3.46. The smallest absolute Gasteiger partial charge is 0.296 e. The molecule has 2 aromatic heterocycles. The second-order valence-corrected chi connectivity index (χ2v) is 7.01. The molecule has 2 heterocycles. The summed E-state index contributed by atoms with van der Waals surface area (Å²) in [6.07, 6.45) is 2.62. The van der Waals surface area contributed by atoms with Crippen LogP contribution in [0.1, 0.15) is 0 Å². The summed E-state index contributed by atoms with van der Waals surface area (Å²) in [4.78, 5) is 3.79. The maximum absolute atomic E-state index is 14.1. The third-order valence-corrected chi connectivity index (χ3v) is 4.75. The Labute approximate surface area is 151 Å². The van der Waals surface area contributed by atoms with Crippen molar-refractivity contribution in [3.05, 3.63) is 53.3 Å². The zero-order valence-corrected chi connectivity index (χ0v) is 14.4. The number of rotatable bonds is 5. The summed E-state index contributed by atoms with van der Waals surface area (Å²) in [5.74, 6) is -2.62. The fourth-order valence-electron chi connectivity index (χ4n) is 2.16. The molecule has 0 aliphatic carbocycles. The van der Waals surface area contributed by atoms with Crippen LogP contribution in [0.15, 0.2) is 41.8 Å². The second kappa shape index (κ2) is 6.78. The molecular weight excluding hydrogens is 390 g/mol. The highest BCUT2D eigenvalue weighted by atomic mass is 35.5. The highest BCUT2D eigenvalue weighted by Gasteiger charge is 2.23. The number of nitrogens with one attached hydrogen (secondary N) is 1. The van der Waals surface area contributed by atoms with Gasteiger partial charge in [0.15, 0.2) is 24.0 Å². The molecule has 0 amide bonds. The zero-order valence-electron chi connectivity index (χ0n) is 12.8. The van der Waals surface area contributed by atoms with Crippen LogP contribution in [0.3, 0.4) is 0 Å². The van der Waals surface area contributed by atoms with E-state index in [1.807, 2.05) is 4.72 Å². The number of benzene rings is 1. The first-order chi connectivity index (χ1) is 12.3. The van der Waals surface area contributed by atoms with Gasteiger partial charge in [0.25, 0.3) is 15.2 Å². The number of fused-ring (bicyclic) bond motifs is 1. The minimum Gasteiger partial charge on any atom is -0.476 e. The number of aromatic nitrogens is 2. The molecule has 0 radical (unpaired) electrons. The fraction of sp³-hybridized carbons (Fsp3) is 0.0667. The molecule has 0 saturated heterocycles. The normalized spacial score (nSPS) is 11.3. The van der Waals surface area contributed by atoms with Gasteiger partial charge in [-0.05, 0) is 12.1 Å². The van der Waals surface area contributed by atoms with Gasteiger partial charge in [-0.15, -0.1) is 0 Å². The summed E-state index contributed by atoms with van der Waals surface area (Å²) in [5.41, 5.74) is -0.188. The maximum atomic E-state index is 14.1. The molecule has 0 bridgehead atoms. The molecule has 0 saturated carbocycles. The van der Waals surface area contributed by atoms with Crippen molar-refractivity contribution in [2.24, 2.45) is 0 Å². The number of anilines is 1. The van der Waals surface area contributed by atoms with Crippen molar-refractivity contribution >= 4 is 32.8 Å². The van der Waals surface area contributed by atoms with Crippen molar-refractivity contribution in [3.63, 3.8) is 0 Å². The van der Waals surface area contributed by atoms with Gasteiger partial charge in [0.2, 0.25) is 0 Å². The van der Waals surface area contributed by atoms with E-state index in [4.69, 9.17) is 21.6 Å². The van der Waals surface area contributed by atoms with Crippen molar-refractivity contribution in [1.82, 2.24) is 9.38 Å². The minimum absolute atomic E-state index is 0.267. The number of ether oxygens (including phenoxy) is 1. The van der Waals surface area contributed by atoms with Gasteiger partial charge in [0.1, 0.15) is 6.07 Å². The van der Waals surface area contributed by atoms with Gasteiger partial charge in [0, 0.05) is 18.3 Å². The summed E-state index contributed by atoms with van der Waals surface area (Å²) >= 11 is 5.85. The Morgan fingerprint density at radius 2 is 2.08 bits per heavy atom. The van der Waals surface area contributed by atoms with E-state index >= 15 is 0 Å². The lowest BCUT2D eigenvalue weighted by molar-refractivity contribution is 0.344. The molecule has 134 valence electrons. The van der Waals surface area contributed by atoms with Crippen LogP contribution in [0.5, 0.6) is 5.75 Å². The van der Waals surface area contributed by atoms with E-state index in [9.17, 15) is 17.2 Å². The number of sulfonamides is 1. The lowest BCUT2D eigenvalue weighted by Crippen LogP contribution is -2.17. The number of nitriles is 1. The molecular formula is C15H9ClF2N4O3S. The Morgan fingerprint density at radius 1 is 1.31 bits per heavy atom. The molecule has 0 atom stereocenters. The van der Waals surface area contributed by atoms with Crippen LogP contribution in [0.2, 0.25) is 5.02 Å². The molecule has 3 aromatic rings. The van der Waals surface area contributed by atoms with Crippen molar-refractivity contribution < 1.29 is 21.9 Å². The monoisotopic (exact) mass is 398 g/mol. The van der Waals surface area contributed by atoms with Gasteiger partial charge < -0.3 is 4.74 Å². The zero-order chi connectivity index (χ0) is 18.9. The average Bonchev–Trinajstić information content (AvgIpc) is 3.00.